The first-order valence-corrected chi connectivity index (χ1v) is 18.0. The highest BCUT2D eigenvalue weighted by Gasteiger charge is 2.12. The summed E-state index contributed by atoms with van der Waals surface area (Å²) in [5.41, 5.74) is 0. The largest absolute Gasteiger partial charge is 0.463 e. The molecule has 0 heterocycles. The van der Waals surface area contributed by atoms with Gasteiger partial charge >= 0.3 is 11.9 Å². The Labute approximate surface area is 270 Å². The highest BCUT2D eigenvalue weighted by Crippen LogP contribution is 2.15. The fourth-order valence-corrected chi connectivity index (χ4v) is 4.83. The van der Waals surface area contributed by atoms with Crippen molar-refractivity contribution in [3.63, 3.8) is 0 Å². The van der Waals surface area contributed by atoms with Crippen LogP contribution in [0, 0.1) is 5.92 Å². The third kappa shape index (κ3) is 31.5. The van der Waals surface area contributed by atoms with Crippen LogP contribution in [0.1, 0.15) is 162 Å². The molecule has 3 atom stereocenters. The van der Waals surface area contributed by atoms with E-state index in [4.69, 9.17) is 9.47 Å². The van der Waals surface area contributed by atoms with E-state index in [-0.39, 0.29) is 25.6 Å². The molecular formula is C38H68O6. The predicted molar refractivity (Wildman–Crippen MR) is 183 cm³/mol. The second-order valence-electron chi connectivity index (χ2n) is 12.4. The summed E-state index contributed by atoms with van der Waals surface area (Å²) in [5.74, 6) is 0.0899. The zero-order valence-corrected chi connectivity index (χ0v) is 28.7. The first-order chi connectivity index (χ1) is 21.4. The normalized spacial score (nSPS) is 14.0. The van der Waals surface area contributed by atoms with E-state index in [0.717, 1.165) is 38.0 Å². The van der Waals surface area contributed by atoms with Crippen LogP contribution in [0.25, 0.3) is 0 Å². The highest BCUT2D eigenvalue weighted by atomic mass is 16.6. The number of hydrogen-bond donors (Lipinski definition) is 2. The predicted octanol–water partition coefficient (Wildman–Crippen LogP) is 9.72. The lowest BCUT2D eigenvalue weighted by atomic mass is 9.99. The number of carbonyl (C=O) groups excluding carboxylic acids is 2. The van der Waals surface area contributed by atoms with Crippen molar-refractivity contribution >= 4 is 11.9 Å². The summed E-state index contributed by atoms with van der Waals surface area (Å²) in [6.45, 7) is 6.45. The van der Waals surface area contributed by atoms with Gasteiger partial charge in [-0.15, -0.1) is 0 Å². The summed E-state index contributed by atoms with van der Waals surface area (Å²) >= 11 is 0. The standard InChI is InChI=1S/C38H68O6/c1-4-6-7-8-9-10-11-12-13-14-18-21-24-28-35(39)29-26-31-38(42)44-33-36(40)32-43-37(41)30-25-22-19-16-15-17-20-23-27-34(3)5-2/h12-13,18,21,24,28,34-36,39-40H,4-11,14-17,19-20,22-23,25-27,29-33H2,1-3H3/b13-12+,21-18+,28-24+/t34?,35?,36-/m0/s1. The van der Waals surface area contributed by atoms with Crippen molar-refractivity contribution in [1.29, 1.82) is 0 Å². The molecular weight excluding hydrogens is 552 g/mol. The van der Waals surface area contributed by atoms with Gasteiger partial charge in [0.25, 0.3) is 0 Å². The van der Waals surface area contributed by atoms with Gasteiger partial charge in [-0.05, 0) is 44.4 Å². The molecule has 0 rings (SSSR count). The van der Waals surface area contributed by atoms with E-state index in [1.807, 2.05) is 12.2 Å². The molecule has 6 heteroatoms. The number of allylic oxidation sites excluding steroid dienone is 5. The Morgan fingerprint density at radius 3 is 1.84 bits per heavy atom. The topological polar surface area (TPSA) is 93.1 Å². The Hall–Kier alpha value is -1.92. The smallest absolute Gasteiger partial charge is 0.305 e. The minimum Gasteiger partial charge on any atom is -0.463 e. The number of rotatable bonds is 31. The number of esters is 2. The average Bonchev–Trinajstić information content (AvgIpc) is 3.01. The van der Waals surface area contributed by atoms with Crippen molar-refractivity contribution in [1.82, 2.24) is 0 Å². The van der Waals surface area contributed by atoms with Gasteiger partial charge in [0.15, 0.2) is 0 Å². The Morgan fingerprint density at radius 2 is 1.20 bits per heavy atom. The molecule has 0 aromatic rings. The van der Waals surface area contributed by atoms with Crippen molar-refractivity contribution < 1.29 is 29.3 Å². The maximum absolute atomic E-state index is 11.9. The molecule has 0 saturated carbocycles. The fourth-order valence-electron chi connectivity index (χ4n) is 4.83. The van der Waals surface area contributed by atoms with Crippen molar-refractivity contribution in [3.8, 4) is 0 Å². The fraction of sp³-hybridized carbons (Fsp3) is 0.789. The zero-order chi connectivity index (χ0) is 32.5. The van der Waals surface area contributed by atoms with Gasteiger partial charge in [-0.3, -0.25) is 9.59 Å². The van der Waals surface area contributed by atoms with E-state index in [9.17, 15) is 19.8 Å². The van der Waals surface area contributed by atoms with Crippen LogP contribution >= 0.6 is 0 Å². The van der Waals surface area contributed by atoms with Gasteiger partial charge in [-0.25, -0.2) is 0 Å². The number of carbonyl (C=O) groups is 2. The Balaban J connectivity index is 3.66. The molecule has 0 amide bonds. The summed E-state index contributed by atoms with van der Waals surface area (Å²) in [6, 6.07) is 0. The third-order valence-electron chi connectivity index (χ3n) is 8.02. The minimum atomic E-state index is -1.03. The van der Waals surface area contributed by atoms with Crippen molar-refractivity contribution in [2.24, 2.45) is 5.92 Å². The van der Waals surface area contributed by atoms with Crippen molar-refractivity contribution in [3.05, 3.63) is 36.5 Å². The summed E-state index contributed by atoms with van der Waals surface area (Å²) in [6.07, 6.45) is 33.7. The van der Waals surface area contributed by atoms with Crippen molar-refractivity contribution in [2.45, 2.75) is 174 Å². The molecule has 0 aromatic carbocycles. The molecule has 0 aromatic heterocycles. The van der Waals surface area contributed by atoms with Crippen molar-refractivity contribution in [2.75, 3.05) is 13.2 Å². The second-order valence-corrected chi connectivity index (χ2v) is 12.4. The van der Waals surface area contributed by atoms with E-state index in [1.165, 1.54) is 83.5 Å². The molecule has 0 aliphatic rings. The lowest BCUT2D eigenvalue weighted by Crippen LogP contribution is -2.25. The molecule has 2 unspecified atom stereocenters. The molecule has 0 aliphatic carbocycles. The van der Waals surface area contributed by atoms with E-state index in [0.29, 0.717) is 19.3 Å². The van der Waals surface area contributed by atoms with Gasteiger partial charge in [0, 0.05) is 12.8 Å². The van der Waals surface area contributed by atoms with Gasteiger partial charge < -0.3 is 19.7 Å². The molecule has 256 valence electrons. The maximum Gasteiger partial charge on any atom is 0.305 e. The lowest BCUT2D eigenvalue weighted by Gasteiger charge is -2.12. The molecule has 0 spiro atoms. The second kappa shape index (κ2) is 32.5. The average molecular weight is 621 g/mol. The Kier molecular flexibility index (Phi) is 31.1. The molecule has 0 fully saturated rings. The number of hydrogen-bond acceptors (Lipinski definition) is 6. The van der Waals surface area contributed by atoms with Crippen LogP contribution in [-0.2, 0) is 19.1 Å². The van der Waals surface area contributed by atoms with E-state index in [1.54, 1.807) is 6.08 Å². The molecule has 0 radical (unpaired) electrons. The van der Waals surface area contributed by atoms with Crippen LogP contribution in [0.4, 0.5) is 0 Å². The Morgan fingerprint density at radius 1 is 0.636 bits per heavy atom. The highest BCUT2D eigenvalue weighted by molar-refractivity contribution is 5.69. The van der Waals surface area contributed by atoms with Gasteiger partial charge in [0.1, 0.15) is 19.3 Å². The molecule has 6 nitrogen and oxygen atoms in total. The zero-order valence-electron chi connectivity index (χ0n) is 28.7. The first-order valence-electron chi connectivity index (χ1n) is 18.0. The summed E-state index contributed by atoms with van der Waals surface area (Å²) in [5, 5.41) is 20.0. The summed E-state index contributed by atoms with van der Waals surface area (Å²) in [7, 11) is 0. The molecule has 0 aliphatic heterocycles. The van der Waals surface area contributed by atoms with Crippen LogP contribution in [0.2, 0.25) is 0 Å². The SMILES string of the molecule is CCCCCCCC/C=C/C/C=C/C=C/C(O)CCCC(=O)OC[C@@H](O)COC(=O)CCCCCCCCCCC(C)CC. The monoisotopic (exact) mass is 621 g/mol. The number of aliphatic hydroxyl groups excluding tert-OH is 2. The molecule has 2 N–H and O–H groups in total. The maximum atomic E-state index is 11.9. The number of aliphatic hydroxyl groups is 2. The van der Waals surface area contributed by atoms with Crippen LogP contribution in [-0.4, -0.2) is 47.6 Å². The summed E-state index contributed by atoms with van der Waals surface area (Å²) in [4.78, 5) is 23.8. The van der Waals surface area contributed by atoms with Gasteiger partial charge in [0.05, 0.1) is 6.10 Å². The van der Waals surface area contributed by atoms with E-state index >= 15 is 0 Å². The van der Waals surface area contributed by atoms with E-state index < -0.39 is 18.2 Å². The third-order valence-corrected chi connectivity index (χ3v) is 8.02. The number of ether oxygens (including phenoxy) is 2. The van der Waals surface area contributed by atoms with Gasteiger partial charge in [-0.1, -0.05) is 147 Å². The van der Waals surface area contributed by atoms with Crippen LogP contribution < -0.4 is 0 Å². The van der Waals surface area contributed by atoms with Crippen LogP contribution in [0.3, 0.4) is 0 Å². The van der Waals surface area contributed by atoms with E-state index in [2.05, 4.69) is 39.0 Å². The lowest BCUT2D eigenvalue weighted by molar-refractivity contribution is -0.152. The molecule has 44 heavy (non-hydrogen) atoms. The quantitative estimate of drug-likeness (QED) is 0.0347. The first kappa shape index (κ1) is 42.1. The molecule has 0 bridgehead atoms. The van der Waals surface area contributed by atoms with Gasteiger partial charge in [-0.2, -0.15) is 0 Å². The summed E-state index contributed by atoms with van der Waals surface area (Å²) < 4.78 is 10.2. The van der Waals surface area contributed by atoms with Crippen LogP contribution in [0.15, 0.2) is 36.5 Å². The minimum absolute atomic E-state index is 0.161. The van der Waals surface area contributed by atoms with Crippen LogP contribution in [0.5, 0.6) is 0 Å². The number of unbranched alkanes of at least 4 members (excludes halogenated alkanes) is 13. The Bertz CT molecular complexity index is 744. The molecule has 0 saturated heterocycles. The van der Waals surface area contributed by atoms with Gasteiger partial charge in [0.2, 0.25) is 0 Å².